The van der Waals surface area contributed by atoms with E-state index in [9.17, 15) is 13.2 Å². The molecule has 3 aromatic rings. The summed E-state index contributed by atoms with van der Waals surface area (Å²) in [6.45, 7) is 1.53. The third kappa shape index (κ3) is 2.01. The number of aromatic nitrogens is 1. The molecule has 0 atom stereocenters. The van der Waals surface area contributed by atoms with Crippen LogP contribution in [0.1, 0.15) is 11.5 Å². The van der Waals surface area contributed by atoms with Crippen molar-refractivity contribution in [3.05, 3.63) is 59.4 Å². The highest BCUT2D eigenvalue weighted by molar-refractivity contribution is 5.92. The highest BCUT2D eigenvalue weighted by atomic mass is 19.1. The van der Waals surface area contributed by atoms with Gasteiger partial charge in [0.2, 0.25) is 0 Å². The lowest BCUT2D eigenvalue weighted by atomic mass is 9.89. The molecule has 0 spiro atoms. The van der Waals surface area contributed by atoms with E-state index in [1.165, 1.54) is 18.2 Å². The predicted molar refractivity (Wildman–Crippen MR) is 79.2 cm³/mol. The Morgan fingerprint density at radius 3 is 2.27 bits per heavy atom. The van der Waals surface area contributed by atoms with Gasteiger partial charge in [0.15, 0.2) is 0 Å². The van der Waals surface area contributed by atoms with Crippen molar-refractivity contribution in [1.29, 1.82) is 0 Å². The normalized spacial score (nSPS) is 15.2. The summed E-state index contributed by atoms with van der Waals surface area (Å²) in [4.78, 5) is 3.05. The largest absolute Gasteiger partial charge is 0.352 e. The number of hydrogen-bond acceptors (Lipinski definition) is 1. The number of nitrogens with one attached hydrogen (secondary N) is 2. The molecule has 0 amide bonds. The van der Waals surface area contributed by atoms with Crippen LogP contribution in [0.4, 0.5) is 13.2 Å². The van der Waals surface area contributed by atoms with E-state index < -0.39 is 11.6 Å². The van der Waals surface area contributed by atoms with Crippen LogP contribution in [0.15, 0.2) is 36.4 Å². The SMILES string of the molecule is Fc1ccc(-c2[nH]c3c(F)cc(F)cc3c2C2CNC2)cc1. The van der Waals surface area contributed by atoms with Crippen molar-refractivity contribution in [3.63, 3.8) is 0 Å². The van der Waals surface area contributed by atoms with Gasteiger partial charge in [-0.2, -0.15) is 0 Å². The Bertz CT molecular complexity index is 848. The van der Waals surface area contributed by atoms with E-state index in [1.807, 2.05) is 0 Å². The maximum Gasteiger partial charge on any atom is 0.150 e. The Balaban J connectivity index is 2.00. The Hall–Kier alpha value is -2.27. The fraction of sp³-hybridized carbons (Fsp3) is 0.176. The zero-order chi connectivity index (χ0) is 15.3. The van der Waals surface area contributed by atoms with Crippen molar-refractivity contribution in [2.45, 2.75) is 5.92 Å². The fourth-order valence-corrected chi connectivity index (χ4v) is 3.00. The van der Waals surface area contributed by atoms with Crippen molar-refractivity contribution in [2.75, 3.05) is 13.1 Å². The molecule has 0 bridgehead atoms. The number of hydrogen-bond donors (Lipinski definition) is 2. The van der Waals surface area contributed by atoms with E-state index >= 15 is 0 Å². The summed E-state index contributed by atoms with van der Waals surface area (Å²) in [5.41, 5.74) is 2.67. The second kappa shape index (κ2) is 4.88. The van der Waals surface area contributed by atoms with Gasteiger partial charge in [-0.1, -0.05) is 0 Å². The zero-order valence-corrected chi connectivity index (χ0v) is 11.6. The molecule has 2 N–H and O–H groups in total. The number of rotatable bonds is 2. The molecule has 1 aliphatic heterocycles. The van der Waals surface area contributed by atoms with Gasteiger partial charge in [0, 0.05) is 30.5 Å². The third-order valence-electron chi connectivity index (χ3n) is 4.19. The molecule has 2 nitrogen and oxygen atoms in total. The minimum atomic E-state index is -0.614. The molecule has 4 rings (SSSR count). The number of fused-ring (bicyclic) bond motifs is 1. The van der Waals surface area contributed by atoms with Crippen LogP contribution >= 0.6 is 0 Å². The lowest BCUT2D eigenvalue weighted by Crippen LogP contribution is -2.40. The summed E-state index contributed by atoms with van der Waals surface area (Å²) < 4.78 is 40.8. The first kappa shape index (κ1) is 13.4. The average Bonchev–Trinajstić information content (AvgIpc) is 2.78. The highest BCUT2D eigenvalue weighted by Gasteiger charge is 2.27. The topological polar surface area (TPSA) is 27.8 Å². The van der Waals surface area contributed by atoms with Crippen LogP contribution in [0.3, 0.4) is 0 Å². The van der Waals surface area contributed by atoms with Gasteiger partial charge < -0.3 is 10.3 Å². The molecule has 1 fully saturated rings. The van der Waals surface area contributed by atoms with Gasteiger partial charge in [0.05, 0.1) is 11.2 Å². The Morgan fingerprint density at radius 2 is 1.64 bits per heavy atom. The molecule has 5 heteroatoms. The smallest absolute Gasteiger partial charge is 0.150 e. The van der Waals surface area contributed by atoms with Crippen molar-refractivity contribution < 1.29 is 13.2 Å². The van der Waals surface area contributed by atoms with E-state index in [4.69, 9.17) is 0 Å². The Morgan fingerprint density at radius 1 is 0.909 bits per heavy atom. The first-order valence-corrected chi connectivity index (χ1v) is 7.11. The molecular weight excluding hydrogens is 289 g/mol. The van der Waals surface area contributed by atoms with Gasteiger partial charge in [-0.05, 0) is 41.5 Å². The third-order valence-corrected chi connectivity index (χ3v) is 4.19. The Kier molecular flexibility index (Phi) is 2.97. The monoisotopic (exact) mass is 302 g/mol. The van der Waals surface area contributed by atoms with E-state index in [1.54, 1.807) is 12.1 Å². The van der Waals surface area contributed by atoms with Gasteiger partial charge >= 0.3 is 0 Å². The molecule has 1 aromatic heterocycles. The molecule has 1 aliphatic rings. The summed E-state index contributed by atoms with van der Waals surface area (Å²) in [5, 5.41) is 3.73. The second-order valence-electron chi connectivity index (χ2n) is 5.59. The first-order valence-electron chi connectivity index (χ1n) is 7.11. The lowest BCUT2D eigenvalue weighted by molar-refractivity contribution is 0.451. The molecule has 22 heavy (non-hydrogen) atoms. The van der Waals surface area contributed by atoms with Gasteiger partial charge in [-0.25, -0.2) is 13.2 Å². The number of benzene rings is 2. The van der Waals surface area contributed by atoms with Gasteiger partial charge in [0.1, 0.15) is 17.5 Å². The second-order valence-corrected chi connectivity index (χ2v) is 5.59. The van der Waals surface area contributed by atoms with Crippen molar-refractivity contribution in [3.8, 4) is 11.3 Å². The zero-order valence-electron chi connectivity index (χ0n) is 11.6. The fourth-order valence-electron chi connectivity index (χ4n) is 3.00. The summed E-state index contributed by atoms with van der Waals surface area (Å²) in [7, 11) is 0. The molecule has 0 aliphatic carbocycles. The van der Waals surface area contributed by atoms with Gasteiger partial charge in [0.25, 0.3) is 0 Å². The maximum atomic E-state index is 14.1. The highest BCUT2D eigenvalue weighted by Crippen LogP contribution is 2.38. The van der Waals surface area contributed by atoms with E-state index in [0.29, 0.717) is 10.9 Å². The molecule has 2 heterocycles. The van der Waals surface area contributed by atoms with Crippen LogP contribution in [0.5, 0.6) is 0 Å². The summed E-state index contributed by atoms with van der Waals surface area (Å²) >= 11 is 0. The van der Waals surface area contributed by atoms with Gasteiger partial charge in [-0.15, -0.1) is 0 Å². The standard InChI is InChI=1S/C17H13F3N2/c18-11-3-1-9(2-4-11)16-15(10-7-21-8-10)13-5-12(19)6-14(20)17(13)22-16/h1-6,10,21-22H,7-8H2. The van der Waals surface area contributed by atoms with Crippen LogP contribution in [0, 0.1) is 17.5 Å². The first-order chi connectivity index (χ1) is 10.6. The maximum absolute atomic E-state index is 14.1. The van der Waals surface area contributed by atoms with E-state index in [0.717, 1.165) is 36.0 Å². The lowest BCUT2D eigenvalue weighted by Gasteiger charge is -2.28. The van der Waals surface area contributed by atoms with Crippen LogP contribution in [-0.2, 0) is 0 Å². The van der Waals surface area contributed by atoms with Crippen molar-refractivity contribution >= 4 is 10.9 Å². The van der Waals surface area contributed by atoms with Crippen molar-refractivity contribution in [1.82, 2.24) is 10.3 Å². The average molecular weight is 302 g/mol. The summed E-state index contributed by atoms with van der Waals surface area (Å²) in [6, 6.07) is 8.24. The minimum Gasteiger partial charge on any atom is -0.352 e. The number of halogens is 3. The summed E-state index contributed by atoms with van der Waals surface area (Å²) in [5.74, 6) is -1.35. The number of H-pyrrole nitrogens is 1. The van der Waals surface area contributed by atoms with Gasteiger partial charge in [-0.3, -0.25) is 0 Å². The molecule has 1 saturated heterocycles. The van der Waals surface area contributed by atoms with E-state index in [-0.39, 0.29) is 11.7 Å². The van der Waals surface area contributed by atoms with Crippen molar-refractivity contribution in [2.24, 2.45) is 0 Å². The number of aromatic amines is 1. The summed E-state index contributed by atoms with van der Waals surface area (Å²) in [6.07, 6.45) is 0. The Labute approximate surface area is 125 Å². The molecule has 0 radical (unpaired) electrons. The van der Waals surface area contributed by atoms with Crippen LogP contribution in [0.25, 0.3) is 22.2 Å². The molecular formula is C17H13F3N2. The quantitative estimate of drug-likeness (QED) is 0.737. The molecule has 0 saturated carbocycles. The van der Waals surface area contributed by atoms with Crippen LogP contribution in [-0.4, -0.2) is 18.1 Å². The molecule has 0 unspecified atom stereocenters. The van der Waals surface area contributed by atoms with Crippen LogP contribution < -0.4 is 5.32 Å². The molecule has 112 valence electrons. The molecule has 2 aromatic carbocycles. The minimum absolute atomic E-state index is 0.190. The predicted octanol–water partition coefficient (Wildman–Crippen LogP) is 3.94. The van der Waals surface area contributed by atoms with E-state index in [2.05, 4.69) is 10.3 Å². The van der Waals surface area contributed by atoms with Crippen LogP contribution in [0.2, 0.25) is 0 Å².